The first kappa shape index (κ1) is 11.9. The van der Waals surface area contributed by atoms with Crippen LogP contribution in [0.5, 0.6) is 0 Å². The smallest absolute Gasteiger partial charge is 0.128 e. The van der Waals surface area contributed by atoms with Crippen molar-refractivity contribution in [2.75, 3.05) is 18.5 Å². The van der Waals surface area contributed by atoms with Crippen molar-refractivity contribution >= 4 is 5.82 Å². The van der Waals surface area contributed by atoms with Gasteiger partial charge in [-0.15, -0.1) is 0 Å². The maximum absolute atomic E-state index is 9.68. The van der Waals surface area contributed by atoms with Crippen LogP contribution in [-0.4, -0.2) is 29.3 Å². The van der Waals surface area contributed by atoms with Crippen LogP contribution in [0.15, 0.2) is 18.3 Å². The Kier molecular flexibility index (Phi) is 3.66. The number of pyridine rings is 1. The van der Waals surface area contributed by atoms with Gasteiger partial charge in [-0.25, -0.2) is 4.98 Å². The fraction of sp³-hybridized carbons (Fsp3) is 0.545. The molecule has 0 saturated heterocycles. The Balaban J connectivity index is 2.77. The molecule has 0 fully saturated rings. The van der Waals surface area contributed by atoms with Crippen molar-refractivity contribution in [1.29, 1.82) is 0 Å². The van der Waals surface area contributed by atoms with E-state index in [1.807, 2.05) is 24.1 Å². The van der Waals surface area contributed by atoms with Crippen LogP contribution in [0.1, 0.15) is 19.4 Å². The molecular formula is C11H19N3O. The molecule has 1 aromatic heterocycles. The molecule has 1 aromatic rings. The Morgan fingerprint density at radius 3 is 2.73 bits per heavy atom. The highest BCUT2D eigenvalue weighted by molar-refractivity contribution is 5.40. The maximum Gasteiger partial charge on any atom is 0.128 e. The van der Waals surface area contributed by atoms with Crippen molar-refractivity contribution < 1.29 is 5.11 Å². The number of hydrogen-bond acceptors (Lipinski definition) is 4. The van der Waals surface area contributed by atoms with Gasteiger partial charge in [0.05, 0.1) is 5.60 Å². The van der Waals surface area contributed by atoms with Crippen LogP contribution >= 0.6 is 0 Å². The molecule has 0 atom stereocenters. The fourth-order valence-electron chi connectivity index (χ4n) is 1.46. The highest BCUT2D eigenvalue weighted by atomic mass is 16.3. The molecule has 3 N–H and O–H groups in total. The van der Waals surface area contributed by atoms with Gasteiger partial charge in [-0.3, -0.25) is 0 Å². The zero-order chi connectivity index (χ0) is 11.5. The van der Waals surface area contributed by atoms with Crippen LogP contribution in [0.4, 0.5) is 5.82 Å². The Bertz CT molecular complexity index is 320. The zero-order valence-corrected chi connectivity index (χ0v) is 9.57. The van der Waals surface area contributed by atoms with Gasteiger partial charge >= 0.3 is 0 Å². The molecule has 0 spiro atoms. The molecule has 0 aromatic carbocycles. The van der Waals surface area contributed by atoms with E-state index < -0.39 is 5.60 Å². The summed E-state index contributed by atoms with van der Waals surface area (Å²) >= 11 is 0. The van der Waals surface area contributed by atoms with Crippen molar-refractivity contribution in [3.05, 3.63) is 23.9 Å². The second kappa shape index (κ2) is 4.59. The highest BCUT2D eigenvalue weighted by Crippen LogP contribution is 2.13. The van der Waals surface area contributed by atoms with E-state index in [2.05, 4.69) is 4.98 Å². The van der Waals surface area contributed by atoms with Gasteiger partial charge in [-0.1, -0.05) is 0 Å². The quantitative estimate of drug-likeness (QED) is 0.768. The lowest BCUT2D eigenvalue weighted by atomic mass is 10.1. The average Bonchev–Trinajstić information content (AvgIpc) is 2.15. The number of nitrogens with zero attached hydrogens (tertiary/aromatic N) is 2. The van der Waals surface area contributed by atoms with Gasteiger partial charge in [0.2, 0.25) is 0 Å². The molecule has 4 heteroatoms. The molecule has 1 rings (SSSR count). The molecule has 0 aliphatic rings. The second-order valence-electron chi connectivity index (χ2n) is 4.39. The van der Waals surface area contributed by atoms with E-state index in [1.54, 1.807) is 20.0 Å². The summed E-state index contributed by atoms with van der Waals surface area (Å²) in [6.07, 6.45) is 1.73. The topological polar surface area (TPSA) is 62.4 Å². The van der Waals surface area contributed by atoms with Crippen LogP contribution in [0.2, 0.25) is 0 Å². The predicted molar refractivity (Wildman–Crippen MR) is 61.7 cm³/mol. The zero-order valence-electron chi connectivity index (χ0n) is 9.57. The van der Waals surface area contributed by atoms with E-state index in [-0.39, 0.29) is 0 Å². The van der Waals surface area contributed by atoms with Gasteiger partial charge in [0.15, 0.2) is 0 Å². The Morgan fingerprint density at radius 1 is 1.53 bits per heavy atom. The standard InChI is InChI=1S/C11H19N3O/c1-11(2,15)8-14(3)10-6-9(7-12)4-5-13-10/h4-6,15H,7-8,12H2,1-3H3. The minimum absolute atomic E-state index is 0.506. The SMILES string of the molecule is CN(CC(C)(C)O)c1cc(CN)ccn1. The minimum Gasteiger partial charge on any atom is -0.389 e. The molecular weight excluding hydrogens is 190 g/mol. The van der Waals surface area contributed by atoms with Crippen molar-refractivity contribution in [3.63, 3.8) is 0 Å². The Morgan fingerprint density at radius 2 is 2.20 bits per heavy atom. The van der Waals surface area contributed by atoms with E-state index in [9.17, 15) is 5.11 Å². The molecule has 0 aliphatic carbocycles. The molecule has 1 heterocycles. The van der Waals surface area contributed by atoms with Gasteiger partial charge in [-0.2, -0.15) is 0 Å². The van der Waals surface area contributed by atoms with Crippen LogP contribution in [0.25, 0.3) is 0 Å². The van der Waals surface area contributed by atoms with E-state index in [0.29, 0.717) is 13.1 Å². The summed E-state index contributed by atoms with van der Waals surface area (Å²) in [5.41, 5.74) is 5.87. The summed E-state index contributed by atoms with van der Waals surface area (Å²) in [5.74, 6) is 0.833. The molecule has 0 bridgehead atoms. The summed E-state index contributed by atoms with van der Waals surface area (Å²) in [7, 11) is 1.90. The molecule has 0 amide bonds. The number of anilines is 1. The van der Waals surface area contributed by atoms with Crippen LogP contribution in [-0.2, 0) is 6.54 Å². The number of aliphatic hydroxyl groups is 1. The van der Waals surface area contributed by atoms with Gasteiger partial charge in [0.25, 0.3) is 0 Å². The first-order valence-electron chi connectivity index (χ1n) is 5.01. The van der Waals surface area contributed by atoms with E-state index in [4.69, 9.17) is 5.73 Å². The third kappa shape index (κ3) is 3.85. The minimum atomic E-state index is -0.727. The van der Waals surface area contributed by atoms with Crippen molar-refractivity contribution in [3.8, 4) is 0 Å². The summed E-state index contributed by atoms with van der Waals surface area (Å²) in [5, 5.41) is 9.68. The summed E-state index contributed by atoms with van der Waals surface area (Å²) in [6.45, 7) is 4.59. The van der Waals surface area contributed by atoms with Crippen molar-refractivity contribution in [1.82, 2.24) is 4.98 Å². The summed E-state index contributed by atoms with van der Waals surface area (Å²) < 4.78 is 0. The lowest BCUT2D eigenvalue weighted by Crippen LogP contribution is -2.36. The van der Waals surface area contributed by atoms with Crippen LogP contribution in [0.3, 0.4) is 0 Å². The predicted octanol–water partition coefficient (Wildman–Crippen LogP) is 0.747. The molecule has 0 saturated carbocycles. The number of aromatic nitrogens is 1. The lowest BCUT2D eigenvalue weighted by Gasteiger charge is -2.26. The normalized spacial score (nSPS) is 11.5. The number of hydrogen-bond donors (Lipinski definition) is 2. The van der Waals surface area contributed by atoms with Gasteiger partial charge in [-0.05, 0) is 31.5 Å². The number of nitrogens with two attached hydrogens (primary N) is 1. The van der Waals surface area contributed by atoms with E-state index >= 15 is 0 Å². The van der Waals surface area contributed by atoms with Crippen molar-refractivity contribution in [2.24, 2.45) is 5.73 Å². The molecule has 4 nitrogen and oxygen atoms in total. The maximum atomic E-state index is 9.68. The number of likely N-dealkylation sites (N-methyl/N-ethyl adjacent to an activating group) is 1. The molecule has 0 radical (unpaired) electrons. The Hall–Kier alpha value is -1.13. The number of rotatable bonds is 4. The van der Waals surface area contributed by atoms with Crippen molar-refractivity contribution in [2.45, 2.75) is 26.0 Å². The van der Waals surface area contributed by atoms with Crippen LogP contribution < -0.4 is 10.6 Å². The van der Waals surface area contributed by atoms with Gasteiger partial charge < -0.3 is 15.7 Å². The first-order chi connectivity index (χ1) is 6.92. The van der Waals surface area contributed by atoms with Gasteiger partial charge in [0.1, 0.15) is 5.82 Å². The van der Waals surface area contributed by atoms with E-state index in [1.165, 1.54) is 0 Å². The Labute approximate surface area is 90.7 Å². The molecule has 0 unspecified atom stereocenters. The average molecular weight is 209 g/mol. The highest BCUT2D eigenvalue weighted by Gasteiger charge is 2.16. The molecule has 15 heavy (non-hydrogen) atoms. The van der Waals surface area contributed by atoms with Gasteiger partial charge in [0, 0.05) is 26.3 Å². The second-order valence-corrected chi connectivity index (χ2v) is 4.39. The third-order valence-corrected chi connectivity index (χ3v) is 2.06. The fourth-order valence-corrected chi connectivity index (χ4v) is 1.46. The molecule has 84 valence electrons. The largest absolute Gasteiger partial charge is 0.389 e. The third-order valence-electron chi connectivity index (χ3n) is 2.06. The summed E-state index contributed by atoms with van der Waals surface area (Å²) in [4.78, 5) is 6.15. The first-order valence-corrected chi connectivity index (χ1v) is 5.01. The summed E-state index contributed by atoms with van der Waals surface area (Å²) in [6, 6.07) is 3.83. The lowest BCUT2D eigenvalue weighted by molar-refractivity contribution is 0.0884. The van der Waals surface area contributed by atoms with E-state index in [0.717, 1.165) is 11.4 Å². The van der Waals surface area contributed by atoms with Crippen LogP contribution in [0, 0.1) is 0 Å². The molecule has 0 aliphatic heterocycles. The monoisotopic (exact) mass is 209 g/mol.